The number of methoxy groups -OCH3 is 2. The summed E-state index contributed by atoms with van der Waals surface area (Å²) in [7, 11) is 4.98. The minimum Gasteiger partial charge on any atom is -0.458 e. The van der Waals surface area contributed by atoms with Crippen molar-refractivity contribution in [3.8, 4) is 0 Å². The highest BCUT2D eigenvalue weighted by molar-refractivity contribution is 5.84. The fraction of sp³-hybridized carbons (Fsp3) is 0.814. The number of rotatable bonds is 9. The lowest BCUT2D eigenvalue weighted by atomic mass is 9.75. The molecule has 324 valence electrons. The molecule has 4 N–H and O–H groups in total. The molecule has 0 radical (unpaired) electrons. The number of hydrogen-bond acceptors (Lipinski definition) is 14. The Morgan fingerprint density at radius 2 is 1.47 bits per heavy atom. The standard InChI is InChI=1S/C43H69NO13/c1-22-19-42(9,52-12)37(57-40-33(46)30(18-23(2)53-40)44(10)21-29-16-14-13-15-17-29)25(4)34(55-31-20-41(8,51-11)36(48)28(7)54-31)26(5)39(49)56-38-27(6)43(38,50)35(47)24(3)32(22)45/h13-17,22-28,30-31,33-38,40,46-48,50H,18-21H2,1-12H3/t22-,23-,24?,25+,26-,27?,28+,30+,31+,33-,34+,35-,36+,37-,38-,40+,41-,42+,43+/m1/s1. The molecule has 1 aliphatic carbocycles. The highest BCUT2D eigenvalue weighted by Crippen LogP contribution is 2.51. The number of likely N-dealkylation sites (N-methyl/N-ethyl adjacent to an activating group) is 1. The quantitative estimate of drug-likeness (QED) is 0.267. The van der Waals surface area contributed by atoms with Crippen LogP contribution in [0.2, 0.25) is 0 Å². The van der Waals surface area contributed by atoms with E-state index in [1.165, 1.54) is 14.2 Å². The van der Waals surface area contributed by atoms with Crippen LogP contribution in [0.5, 0.6) is 0 Å². The van der Waals surface area contributed by atoms with Crippen molar-refractivity contribution in [2.75, 3.05) is 21.3 Å². The van der Waals surface area contributed by atoms with Gasteiger partial charge in [-0.25, -0.2) is 0 Å². The highest BCUT2D eigenvalue weighted by Gasteiger charge is 2.70. The third-order valence-electron chi connectivity index (χ3n) is 13.8. The van der Waals surface area contributed by atoms with E-state index >= 15 is 0 Å². The lowest BCUT2D eigenvalue weighted by Gasteiger charge is -2.49. The Hall–Kier alpha value is -2.08. The van der Waals surface area contributed by atoms with E-state index in [9.17, 15) is 30.0 Å². The topological polar surface area (TPSA) is 183 Å². The second-order valence-corrected chi connectivity index (χ2v) is 18.0. The summed E-state index contributed by atoms with van der Waals surface area (Å²) in [5.74, 6) is -5.05. The molecule has 0 spiro atoms. The molecule has 4 fully saturated rings. The molecule has 0 aromatic heterocycles. The Labute approximate surface area is 338 Å². The summed E-state index contributed by atoms with van der Waals surface area (Å²) < 4.78 is 44.3. The molecule has 3 heterocycles. The van der Waals surface area contributed by atoms with Gasteiger partial charge >= 0.3 is 5.97 Å². The van der Waals surface area contributed by atoms with Gasteiger partial charge in [-0.2, -0.15) is 0 Å². The van der Waals surface area contributed by atoms with Crippen molar-refractivity contribution < 1.29 is 63.2 Å². The SMILES string of the molecule is CO[C@]1(C)C[C@H](O[C@H]2[C@H](C)[C@@H](O[C@@H]3O[C@H](C)C[C@H](N(C)Cc4ccccc4)[C@H]3O)[C@@](C)(OC)C[C@@H](C)C(=O)C(C)[C@@H](O)[C@@]3(O)C(C)[C@H]3OC(=O)[C@@H]2C)O[C@@H](C)[C@@H]1O. The largest absolute Gasteiger partial charge is 0.458 e. The van der Waals surface area contributed by atoms with Crippen LogP contribution >= 0.6 is 0 Å². The van der Waals surface area contributed by atoms with Crippen LogP contribution in [0.25, 0.3) is 0 Å². The zero-order valence-corrected chi connectivity index (χ0v) is 35.9. The number of nitrogens with zero attached hydrogens (tertiary/aromatic N) is 1. The molecule has 1 aromatic rings. The normalized spacial score (nSPS) is 47.5. The van der Waals surface area contributed by atoms with Crippen LogP contribution < -0.4 is 0 Å². The van der Waals surface area contributed by atoms with E-state index in [1.807, 2.05) is 58.2 Å². The average Bonchev–Trinajstić information content (AvgIpc) is 3.71. The fourth-order valence-corrected chi connectivity index (χ4v) is 9.73. The molecule has 57 heavy (non-hydrogen) atoms. The van der Waals surface area contributed by atoms with Gasteiger partial charge in [-0.15, -0.1) is 0 Å². The van der Waals surface area contributed by atoms with E-state index in [0.717, 1.165) is 5.56 Å². The number of Topliss-reactive ketones (excluding diaryl/α,β-unsaturated/α-hetero) is 1. The van der Waals surface area contributed by atoms with Crippen LogP contribution in [0.4, 0.5) is 0 Å². The van der Waals surface area contributed by atoms with Crippen molar-refractivity contribution in [3.05, 3.63) is 35.9 Å². The Balaban J connectivity index is 1.56. The van der Waals surface area contributed by atoms with Crippen LogP contribution in [-0.4, -0.2) is 143 Å². The number of esters is 1. The zero-order valence-electron chi connectivity index (χ0n) is 35.9. The van der Waals surface area contributed by atoms with Crippen molar-refractivity contribution >= 4 is 11.8 Å². The van der Waals surface area contributed by atoms with Crippen molar-refractivity contribution in [1.82, 2.24) is 4.90 Å². The van der Waals surface area contributed by atoms with Crippen molar-refractivity contribution in [1.29, 1.82) is 0 Å². The first-order valence-corrected chi connectivity index (χ1v) is 20.6. The number of aliphatic hydroxyl groups is 4. The van der Waals surface area contributed by atoms with Gasteiger partial charge in [-0.05, 0) is 60.1 Å². The van der Waals surface area contributed by atoms with Gasteiger partial charge in [0, 0.05) is 56.9 Å². The van der Waals surface area contributed by atoms with Crippen molar-refractivity contribution in [3.63, 3.8) is 0 Å². The summed E-state index contributed by atoms with van der Waals surface area (Å²) in [4.78, 5) is 30.3. The van der Waals surface area contributed by atoms with Crippen LogP contribution in [-0.2, 0) is 49.3 Å². The number of aliphatic hydroxyl groups excluding tert-OH is 3. The van der Waals surface area contributed by atoms with Crippen LogP contribution in [0.3, 0.4) is 0 Å². The van der Waals surface area contributed by atoms with Gasteiger partial charge in [0.2, 0.25) is 0 Å². The third-order valence-corrected chi connectivity index (χ3v) is 13.8. The maximum absolute atomic E-state index is 14.2. The summed E-state index contributed by atoms with van der Waals surface area (Å²) in [6.45, 7) is 16.3. The molecule has 2 unspecified atom stereocenters. The van der Waals surface area contributed by atoms with Gasteiger partial charge in [0.15, 0.2) is 12.6 Å². The predicted molar refractivity (Wildman–Crippen MR) is 208 cm³/mol. The number of fused-ring (bicyclic) bond motifs is 1. The Morgan fingerprint density at radius 1 is 0.842 bits per heavy atom. The molecule has 14 heteroatoms. The smallest absolute Gasteiger partial charge is 0.311 e. The second-order valence-electron chi connectivity index (χ2n) is 18.0. The van der Waals surface area contributed by atoms with Gasteiger partial charge in [-0.1, -0.05) is 58.0 Å². The first-order chi connectivity index (χ1) is 26.6. The number of ketones is 1. The highest BCUT2D eigenvalue weighted by atomic mass is 16.7. The minimum atomic E-state index is -1.82. The van der Waals surface area contributed by atoms with E-state index in [4.69, 9.17) is 33.2 Å². The van der Waals surface area contributed by atoms with Crippen LogP contribution in [0.1, 0.15) is 87.1 Å². The molecule has 0 bridgehead atoms. The monoisotopic (exact) mass is 807 g/mol. The molecule has 3 saturated heterocycles. The summed E-state index contributed by atoms with van der Waals surface area (Å²) in [6, 6.07) is 9.63. The van der Waals surface area contributed by atoms with Gasteiger partial charge in [-0.3, -0.25) is 14.5 Å². The molecule has 14 nitrogen and oxygen atoms in total. The summed E-state index contributed by atoms with van der Waals surface area (Å²) in [6.07, 6.45) is -8.92. The average molecular weight is 808 g/mol. The summed E-state index contributed by atoms with van der Waals surface area (Å²) >= 11 is 0. The van der Waals surface area contributed by atoms with E-state index in [-0.39, 0.29) is 30.8 Å². The maximum Gasteiger partial charge on any atom is 0.311 e. The van der Waals surface area contributed by atoms with Gasteiger partial charge < -0.3 is 53.6 Å². The number of hydrogen-bond donors (Lipinski definition) is 4. The fourth-order valence-electron chi connectivity index (χ4n) is 9.73. The number of ether oxygens (including phenoxy) is 7. The summed E-state index contributed by atoms with van der Waals surface area (Å²) in [5, 5.41) is 46.0. The Morgan fingerprint density at radius 3 is 2.09 bits per heavy atom. The van der Waals surface area contributed by atoms with Gasteiger partial charge in [0.05, 0.1) is 47.6 Å². The lowest BCUT2D eigenvalue weighted by molar-refractivity contribution is -0.319. The third kappa shape index (κ3) is 9.17. The van der Waals surface area contributed by atoms with Crippen LogP contribution in [0, 0.1) is 29.6 Å². The molecule has 3 aliphatic heterocycles. The molecule has 0 amide bonds. The minimum absolute atomic E-state index is 0.109. The number of carbonyl (C=O) groups excluding carboxylic acids is 2. The molecular formula is C43H69NO13. The predicted octanol–water partition coefficient (Wildman–Crippen LogP) is 3.23. The van der Waals surface area contributed by atoms with E-state index in [1.54, 1.807) is 41.5 Å². The van der Waals surface area contributed by atoms with E-state index in [2.05, 4.69) is 4.90 Å². The van der Waals surface area contributed by atoms with E-state index < -0.39 is 108 Å². The van der Waals surface area contributed by atoms with Gasteiger partial charge in [0.25, 0.3) is 0 Å². The molecule has 5 rings (SSSR count). The summed E-state index contributed by atoms with van der Waals surface area (Å²) in [5.41, 5.74) is -3.04. The van der Waals surface area contributed by atoms with Crippen molar-refractivity contribution in [2.45, 2.75) is 172 Å². The maximum atomic E-state index is 14.2. The molecular weight excluding hydrogens is 738 g/mol. The molecule has 1 aromatic carbocycles. The Bertz CT molecular complexity index is 1520. The zero-order chi connectivity index (χ0) is 42.4. The molecule has 4 aliphatic rings. The van der Waals surface area contributed by atoms with Crippen molar-refractivity contribution in [2.24, 2.45) is 29.6 Å². The molecule has 1 saturated carbocycles. The Kier molecular flexibility index (Phi) is 14.4. The van der Waals surface area contributed by atoms with E-state index in [0.29, 0.717) is 13.0 Å². The lowest BCUT2D eigenvalue weighted by Crippen LogP contribution is -2.61. The second kappa shape index (κ2) is 17.9. The molecule has 19 atom stereocenters. The number of carbonyl (C=O) groups is 2. The number of benzene rings is 1. The van der Waals surface area contributed by atoms with Gasteiger partial charge in [0.1, 0.15) is 29.7 Å². The first kappa shape index (κ1) is 46.0. The first-order valence-electron chi connectivity index (χ1n) is 20.6. The van der Waals surface area contributed by atoms with Crippen LogP contribution in [0.15, 0.2) is 30.3 Å².